The van der Waals surface area contributed by atoms with Crippen LogP contribution >= 0.6 is 34.8 Å². The zero-order chi connectivity index (χ0) is 16.8. The Morgan fingerprint density at radius 3 is 2.43 bits per heavy atom. The van der Waals surface area contributed by atoms with E-state index in [0.29, 0.717) is 15.9 Å². The minimum atomic E-state index is -3.99. The summed E-state index contributed by atoms with van der Waals surface area (Å²) in [6.45, 7) is 0. The van der Waals surface area contributed by atoms with Gasteiger partial charge in [0.2, 0.25) is 9.84 Å². The number of nitrogens with zero attached hydrogens (tertiary/aromatic N) is 1. The number of sulfone groups is 1. The molecule has 0 radical (unpaired) electrons. The van der Waals surface area contributed by atoms with Crippen LogP contribution in [0.1, 0.15) is 0 Å². The standard InChI is InChI=1S/C15H7Cl3FNO2S/c16-8-1-3-10-13(5-8)20-7-14(15(10)18)23(21,22)9-2-4-12(19)11(17)6-9/h1-7H. The van der Waals surface area contributed by atoms with E-state index in [0.717, 1.165) is 24.4 Å². The third-order valence-electron chi connectivity index (χ3n) is 3.22. The molecule has 3 aromatic rings. The zero-order valence-corrected chi connectivity index (χ0v) is 14.3. The first-order valence-electron chi connectivity index (χ1n) is 6.24. The molecule has 2 aromatic carbocycles. The van der Waals surface area contributed by atoms with E-state index in [-0.39, 0.29) is 19.8 Å². The van der Waals surface area contributed by atoms with Gasteiger partial charge in [-0.1, -0.05) is 34.8 Å². The van der Waals surface area contributed by atoms with E-state index < -0.39 is 15.7 Å². The van der Waals surface area contributed by atoms with E-state index in [9.17, 15) is 12.8 Å². The van der Waals surface area contributed by atoms with Crippen LogP contribution in [0.5, 0.6) is 0 Å². The van der Waals surface area contributed by atoms with E-state index >= 15 is 0 Å². The average Bonchev–Trinajstić information content (AvgIpc) is 2.49. The van der Waals surface area contributed by atoms with Gasteiger partial charge in [-0.05, 0) is 36.4 Å². The Labute approximate surface area is 146 Å². The van der Waals surface area contributed by atoms with Gasteiger partial charge in [0.05, 0.1) is 20.5 Å². The summed E-state index contributed by atoms with van der Waals surface area (Å²) < 4.78 is 38.6. The molecule has 0 aliphatic heterocycles. The fraction of sp³-hybridized carbons (Fsp3) is 0. The highest BCUT2D eigenvalue weighted by Crippen LogP contribution is 2.34. The van der Waals surface area contributed by atoms with Crippen LogP contribution in [0.4, 0.5) is 4.39 Å². The Kier molecular flexibility index (Phi) is 4.23. The topological polar surface area (TPSA) is 47.0 Å². The van der Waals surface area contributed by atoms with Crippen LogP contribution in [-0.2, 0) is 9.84 Å². The van der Waals surface area contributed by atoms with Gasteiger partial charge in [-0.25, -0.2) is 12.8 Å². The molecule has 0 saturated heterocycles. The maximum Gasteiger partial charge on any atom is 0.209 e. The molecule has 0 saturated carbocycles. The number of hydrogen-bond acceptors (Lipinski definition) is 3. The minimum Gasteiger partial charge on any atom is -0.255 e. The fourth-order valence-electron chi connectivity index (χ4n) is 2.07. The first-order valence-corrected chi connectivity index (χ1v) is 8.86. The number of pyridine rings is 1. The molecule has 0 spiro atoms. The van der Waals surface area contributed by atoms with Crippen LogP contribution in [0.25, 0.3) is 10.9 Å². The smallest absolute Gasteiger partial charge is 0.209 e. The predicted molar refractivity (Wildman–Crippen MR) is 88.6 cm³/mol. The summed E-state index contributed by atoms with van der Waals surface area (Å²) in [5.74, 6) is -0.706. The summed E-state index contributed by atoms with van der Waals surface area (Å²) >= 11 is 17.8. The molecule has 0 bridgehead atoms. The molecule has 0 aliphatic carbocycles. The molecule has 1 heterocycles. The second kappa shape index (κ2) is 5.91. The maximum absolute atomic E-state index is 13.2. The third-order valence-corrected chi connectivity index (χ3v) is 6.03. The molecule has 0 unspecified atom stereocenters. The van der Waals surface area contributed by atoms with Crippen molar-refractivity contribution in [3.63, 3.8) is 0 Å². The van der Waals surface area contributed by atoms with Gasteiger partial charge in [0.15, 0.2) is 0 Å². The second-order valence-electron chi connectivity index (χ2n) is 4.68. The molecular formula is C15H7Cl3FNO2S. The van der Waals surface area contributed by atoms with Gasteiger partial charge in [-0.3, -0.25) is 4.98 Å². The van der Waals surface area contributed by atoms with Crippen molar-refractivity contribution in [1.82, 2.24) is 4.98 Å². The molecule has 0 atom stereocenters. The van der Waals surface area contributed by atoms with Crippen LogP contribution in [0.15, 0.2) is 52.4 Å². The van der Waals surface area contributed by atoms with E-state index in [1.807, 2.05) is 0 Å². The molecule has 3 nitrogen and oxygen atoms in total. The normalized spacial score (nSPS) is 11.8. The Balaban J connectivity index is 2.24. The molecule has 1 aromatic heterocycles. The highest BCUT2D eigenvalue weighted by atomic mass is 35.5. The summed E-state index contributed by atoms with van der Waals surface area (Å²) in [4.78, 5) is 3.73. The molecule has 0 N–H and O–H groups in total. The molecule has 0 amide bonds. The number of fused-ring (bicyclic) bond motifs is 1. The van der Waals surface area contributed by atoms with Crippen molar-refractivity contribution in [3.8, 4) is 0 Å². The van der Waals surface area contributed by atoms with Crippen LogP contribution in [0.3, 0.4) is 0 Å². The van der Waals surface area contributed by atoms with Gasteiger partial charge in [-0.15, -0.1) is 0 Å². The predicted octanol–water partition coefficient (Wildman–Crippen LogP) is 5.17. The molecule has 3 rings (SSSR count). The fourth-order valence-corrected chi connectivity index (χ4v) is 4.31. The van der Waals surface area contributed by atoms with Crippen molar-refractivity contribution in [2.45, 2.75) is 9.79 Å². The van der Waals surface area contributed by atoms with Gasteiger partial charge in [0.1, 0.15) is 10.7 Å². The Morgan fingerprint density at radius 1 is 1.00 bits per heavy atom. The summed E-state index contributed by atoms with van der Waals surface area (Å²) in [5.41, 5.74) is 0.471. The molecular weight excluding hydrogens is 384 g/mol. The highest BCUT2D eigenvalue weighted by Gasteiger charge is 2.24. The summed E-state index contributed by atoms with van der Waals surface area (Å²) in [6.07, 6.45) is 1.15. The van der Waals surface area contributed by atoms with Gasteiger partial charge in [-0.2, -0.15) is 0 Å². The molecule has 118 valence electrons. The Morgan fingerprint density at radius 2 is 1.74 bits per heavy atom. The number of rotatable bonds is 2. The summed E-state index contributed by atoms with van der Waals surface area (Å²) in [5, 5.41) is 0.641. The van der Waals surface area contributed by atoms with E-state index in [1.54, 1.807) is 18.2 Å². The van der Waals surface area contributed by atoms with Gasteiger partial charge >= 0.3 is 0 Å². The lowest BCUT2D eigenvalue weighted by molar-refractivity contribution is 0.594. The van der Waals surface area contributed by atoms with E-state index in [1.165, 1.54) is 0 Å². The lowest BCUT2D eigenvalue weighted by Crippen LogP contribution is -2.04. The lowest BCUT2D eigenvalue weighted by Gasteiger charge is -2.09. The maximum atomic E-state index is 13.2. The quantitative estimate of drug-likeness (QED) is 0.567. The van der Waals surface area contributed by atoms with Crippen molar-refractivity contribution >= 4 is 55.5 Å². The van der Waals surface area contributed by atoms with E-state index in [2.05, 4.69) is 4.98 Å². The Bertz CT molecular complexity index is 1040. The summed E-state index contributed by atoms with van der Waals surface area (Å²) in [6, 6.07) is 7.89. The van der Waals surface area contributed by atoms with Crippen molar-refractivity contribution in [2.24, 2.45) is 0 Å². The molecule has 0 fully saturated rings. The monoisotopic (exact) mass is 389 g/mol. The summed E-state index contributed by atoms with van der Waals surface area (Å²) in [7, 11) is -3.99. The zero-order valence-electron chi connectivity index (χ0n) is 11.2. The van der Waals surface area contributed by atoms with Gasteiger partial charge in [0, 0.05) is 16.6 Å². The molecule has 23 heavy (non-hydrogen) atoms. The van der Waals surface area contributed by atoms with Gasteiger partial charge in [0.25, 0.3) is 0 Å². The van der Waals surface area contributed by atoms with Crippen molar-refractivity contribution < 1.29 is 12.8 Å². The van der Waals surface area contributed by atoms with Crippen LogP contribution in [0, 0.1) is 5.82 Å². The number of benzene rings is 2. The molecule has 0 aliphatic rings. The molecule has 8 heteroatoms. The Hall–Kier alpha value is -1.40. The number of hydrogen-bond donors (Lipinski definition) is 0. The SMILES string of the molecule is O=S(=O)(c1ccc(F)c(Cl)c1)c1cnc2cc(Cl)ccc2c1Cl. The average molecular weight is 391 g/mol. The van der Waals surface area contributed by atoms with E-state index in [4.69, 9.17) is 34.8 Å². The van der Waals surface area contributed by atoms with Crippen molar-refractivity contribution in [1.29, 1.82) is 0 Å². The number of aromatic nitrogens is 1. The first kappa shape index (κ1) is 16.5. The first-order chi connectivity index (χ1) is 10.8. The van der Waals surface area contributed by atoms with Crippen LogP contribution in [-0.4, -0.2) is 13.4 Å². The van der Waals surface area contributed by atoms with Crippen LogP contribution in [0.2, 0.25) is 15.1 Å². The minimum absolute atomic E-state index is 0.0205. The van der Waals surface area contributed by atoms with Gasteiger partial charge < -0.3 is 0 Å². The largest absolute Gasteiger partial charge is 0.255 e. The number of halogens is 4. The van der Waals surface area contributed by atoms with Crippen molar-refractivity contribution in [3.05, 3.63) is 63.5 Å². The van der Waals surface area contributed by atoms with Crippen molar-refractivity contribution in [2.75, 3.05) is 0 Å². The van der Waals surface area contributed by atoms with Crippen LogP contribution < -0.4 is 0 Å². The second-order valence-corrected chi connectivity index (χ2v) is 7.82. The highest BCUT2D eigenvalue weighted by molar-refractivity contribution is 7.91. The third kappa shape index (κ3) is 2.90. The lowest BCUT2D eigenvalue weighted by atomic mass is 10.2.